The molecule has 2 N–H and O–H groups in total. The third-order valence-electron chi connectivity index (χ3n) is 5.67. The molecule has 0 aliphatic carbocycles. The van der Waals surface area contributed by atoms with Gasteiger partial charge in [0.1, 0.15) is 18.2 Å². The van der Waals surface area contributed by atoms with Crippen LogP contribution in [0.5, 0.6) is 11.5 Å². The van der Waals surface area contributed by atoms with Crippen LogP contribution in [0.25, 0.3) is 0 Å². The van der Waals surface area contributed by atoms with Crippen molar-refractivity contribution in [1.82, 2.24) is 0 Å². The largest absolute Gasteiger partial charge is 0.513 e. The average molecular weight is 584 g/mol. The normalized spacial score (nSPS) is 13.0. The molecule has 0 aromatic heterocycles. The summed E-state index contributed by atoms with van der Waals surface area (Å²) in [5.74, 6) is -0.907. The van der Waals surface area contributed by atoms with E-state index in [4.69, 9.17) is 38.9 Å². The summed E-state index contributed by atoms with van der Waals surface area (Å²) in [6.45, 7) is 10.9. The van der Waals surface area contributed by atoms with E-state index in [1.165, 1.54) is 12.1 Å². The Balaban J connectivity index is 2.88. The number of hydrogen-bond acceptors (Lipinski definition) is 12. The molecule has 232 valence electrons. The molecule has 1 aromatic rings. The molecule has 0 aliphatic rings. The van der Waals surface area contributed by atoms with Crippen molar-refractivity contribution in [3.8, 4) is 11.5 Å². The number of ether oxygens (including phenoxy) is 7. The fourth-order valence-corrected chi connectivity index (χ4v) is 3.27. The van der Waals surface area contributed by atoms with Gasteiger partial charge in [-0.25, -0.2) is 14.4 Å². The first-order valence-corrected chi connectivity index (χ1v) is 14.1. The Morgan fingerprint density at radius 3 is 1.78 bits per heavy atom. The van der Waals surface area contributed by atoms with Crippen LogP contribution in [0, 0.1) is 0 Å². The Morgan fingerprint density at radius 1 is 0.707 bits per heavy atom. The zero-order valence-electron chi connectivity index (χ0n) is 25.0. The molecule has 3 atom stereocenters. The van der Waals surface area contributed by atoms with Crippen molar-refractivity contribution in [1.29, 1.82) is 0 Å². The van der Waals surface area contributed by atoms with Gasteiger partial charge in [-0.1, -0.05) is 45.6 Å². The van der Waals surface area contributed by atoms with Crippen molar-refractivity contribution in [3.63, 3.8) is 0 Å². The molecular weight excluding hydrogens is 538 g/mol. The minimum Gasteiger partial charge on any atom is -0.458 e. The molecule has 12 nitrogen and oxygen atoms in total. The lowest BCUT2D eigenvalue weighted by molar-refractivity contribution is -0.155. The van der Waals surface area contributed by atoms with Crippen LogP contribution in [-0.2, 0) is 34.9 Å². The van der Waals surface area contributed by atoms with Gasteiger partial charge < -0.3 is 38.9 Å². The minimum atomic E-state index is -1.10. The number of unbranched alkanes of at least 4 members (excludes halogenated alkanes) is 4. The average Bonchev–Trinajstić information content (AvgIpc) is 2.90. The van der Waals surface area contributed by atoms with Gasteiger partial charge in [-0.3, -0.25) is 4.79 Å². The highest BCUT2D eigenvalue weighted by molar-refractivity contribution is 5.76. The fraction of sp³-hybridized carbons (Fsp3) is 0.655. The maximum absolute atomic E-state index is 12.6. The van der Waals surface area contributed by atoms with Crippen molar-refractivity contribution in [2.75, 3.05) is 13.2 Å². The van der Waals surface area contributed by atoms with Crippen LogP contribution in [0.15, 0.2) is 18.2 Å². The van der Waals surface area contributed by atoms with Crippen molar-refractivity contribution in [2.45, 2.75) is 111 Å². The summed E-state index contributed by atoms with van der Waals surface area (Å²) in [5.41, 5.74) is 6.55. The summed E-state index contributed by atoms with van der Waals surface area (Å²) in [7, 11) is 0. The van der Waals surface area contributed by atoms with Crippen molar-refractivity contribution in [3.05, 3.63) is 23.8 Å². The van der Waals surface area contributed by atoms with E-state index in [-0.39, 0.29) is 37.2 Å². The maximum Gasteiger partial charge on any atom is 0.513 e. The number of rotatable bonds is 17. The molecule has 0 saturated heterocycles. The number of esters is 1. The van der Waals surface area contributed by atoms with Crippen molar-refractivity contribution < 1.29 is 52.3 Å². The highest BCUT2D eigenvalue weighted by Crippen LogP contribution is 2.30. The molecule has 0 bridgehead atoms. The third-order valence-corrected chi connectivity index (χ3v) is 5.67. The second-order valence-corrected chi connectivity index (χ2v) is 9.79. The van der Waals surface area contributed by atoms with Crippen molar-refractivity contribution >= 4 is 24.4 Å². The number of nitrogens with two attached hydrogens (primary N) is 1. The second kappa shape index (κ2) is 19.5. The van der Waals surface area contributed by atoms with E-state index >= 15 is 0 Å². The summed E-state index contributed by atoms with van der Waals surface area (Å²) >= 11 is 0. The topological polar surface area (TPSA) is 159 Å². The Hall–Kier alpha value is -3.54. The lowest BCUT2D eigenvalue weighted by Gasteiger charge is -2.22. The first-order valence-electron chi connectivity index (χ1n) is 14.1. The third kappa shape index (κ3) is 15.1. The zero-order valence-corrected chi connectivity index (χ0v) is 25.0. The summed E-state index contributed by atoms with van der Waals surface area (Å²) in [6.07, 6.45) is 0.359. The quantitative estimate of drug-likeness (QED) is 0.101. The van der Waals surface area contributed by atoms with Gasteiger partial charge in [-0.2, -0.15) is 0 Å². The molecule has 0 unspecified atom stereocenters. The molecule has 0 radical (unpaired) electrons. The van der Waals surface area contributed by atoms with E-state index in [0.717, 1.165) is 25.7 Å². The van der Waals surface area contributed by atoms with E-state index in [0.29, 0.717) is 18.4 Å². The van der Waals surface area contributed by atoms with E-state index in [2.05, 4.69) is 0 Å². The van der Waals surface area contributed by atoms with Crippen LogP contribution in [0.1, 0.15) is 85.6 Å². The molecule has 1 aromatic carbocycles. The van der Waals surface area contributed by atoms with Gasteiger partial charge in [-0.05, 0) is 64.7 Å². The lowest BCUT2D eigenvalue weighted by atomic mass is 10.1. The summed E-state index contributed by atoms with van der Waals surface area (Å²) in [4.78, 5) is 48.7. The molecule has 0 amide bonds. The molecule has 0 spiro atoms. The van der Waals surface area contributed by atoms with Gasteiger partial charge in [0.15, 0.2) is 11.5 Å². The van der Waals surface area contributed by atoms with Crippen LogP contribution in [0.3, 0.4) is 0 Å². The minimum absolute atomic E-state index is 0.000164. The summed E-state index contributed by atoms with van der Waals surface area (Å²) in [5, 5.41) is 0. The zero-order chi connectivity index (χ0) is 30.8. The highest BCUT2D eigenvalue weighted by Gasteiger charge is 2.26. The van der Waals surface area contributed by atoms with E-state index < -0.39 is 42.7 Å². The van der Waals surface area contributed by atoms with Gasteiger partial charge in [0.05, 0.1) is 19.3 Å². The Bertz CT molecular complexity index is 966. The Kier molecular flexibility index (Phi) is 16.9. The monoisotopic (exact) mass is 583 g/mol. The number of hydrogen-bond donors (Lipinski definition) is 1. The Labute approximate surface area is 242 Å². The molecule has 12 heteroatoms. The van der Waals surface area contributed by atoms with Gasteiger partial charge in [0.25, 0.3) is 0 Å². The van der Waals surface area contributed by atoms with Gasteiger partial charge in [-0.15, -0.1) is 0 Å². The first kappa shape index (κ1) is 35.5. The number of carbonyl (C=O) groups is 4. The van der Waals surface area contributed by atoms with Gasteiger partial charge in [0, 0.05) is 0 Å². The molecular formula is C29H45NO11. The molecule has 1 rings (SSSR count). The molecule has 41 heavy (non-hydrogen) atoms. The van der Waals surface area contributed by atoms with E-state index in [1.54, 1.807) is 33.8 Å². The van der Waals surface area contributed by atoms with Crippen LogP contribution in [0.2, 0.25) is 0 Å². The van der Waals surface area contributed by atoms with Crippen LogP contribution in [-0.4, -0.2) is 62.0 Å². The van der Waals surface area contributed by atoms with Crippen LogP contribution < -0.4 is 15.2 Å². The highest BCUT2D eigenvalue weighted by atomic mass is 16.8. The lowest BCUT2D eigenvalue weighted by Crippen LogP contribution is -2.39. The Morgan fingerprint density at radius 2 is 1.24 bits per heavy atom. The second-order valence-electron chi connectivity index (χ2n) is 9.79. The van der Waals surface area contributed by atoms with Gasteiger partial charge >= 0.3 is 24.4 Å². The number of carbonyl (C=O) groups excluding carboxylic acids is 4. The SMILES string of the molecule is CCCCCOC(=O)Oc1ccc(C[C@H](N)C(=O)O[C@@H](C)[C@H](C)OC(=O)OC(C)C)cc1OC(=O)OCCCCC. The maximum atomic E-state index is 12.6. The number of benzene rings is 1. The van der Waals surface area contributed by atoms with Crippen LogP contribution >= 0.6 is 0 Å². The molecule has 0 fully saturated rings. The van der Waals surface area contributed by atoms with Crippen molar-refractivity contribution in [2.24, 2.45) is 5.73 Å². The fourth-order valence-electron chi connectivity index (χ4n) is 3.27. The predicted molar refractivity (Wildman–Crippen MR) is 149 cm³/mol. The summed E-state index contributed by atoms with van der Waals surface area (Å²) < 4.78 is 36.1. The van der Waals surface area contributed by atoms with E-state index in [9.17, 15) is 19.2 Å². The smallest absolute Gasteiger partial charge is 0.458 e. The molecule has 0 saturated carbocycles. The van der Waals surface area contributed by atoms with Gasteiger partial charge in [0.2, 0.25) is 0 Å². The standard InChI is InChI=1S/C29H45NO11/c1-7-9-11-15-35-27(32)40-24-14-13-22(18-25(24)41-28(33)36-16-12-10-8-2)17-23(30)26(31)38-20(5)21(6)39-29(34)37-19(3)4/h13-14,18-21,23H,7-12,15-17,30H2,1-6H3/t20-,21-,23-/m0/s1. The summed E-state index contributed by atoms with van der Waals surface area (Å²) in [6, 6.07) is 3.27. The first-order chi connectivity index (χ1) is 19.5. The van der Waals surface area contributed by atoms with E-state index in [1.807, 2.05) is 13.8 Å². The molecule has 0 heterocycles. The predicted octanol–water partition coefficient (Wildman–Crippen LogP) is 5.85. The van der Waals surface area contributed by atoms with Crippen LogP contribution in [0.4, 0.5) is 14.4 Å². The molecule has 0 aliphatic heterocycles.